The number of carbonyl (C=O) groups is 2. The highest BCUT2D eigenvalue weighted by Gasteiger charge is 2.21. The highest BCUT2D eigenvalue weighted by molar-refractivity contribution is 6.30. The van der Waals surface area contributed by atoms with Crippen LogP contribution in [0.15, 0.2) is 72.8 Å². The van der Waals surface area contributed by atoms with Gasteiger partial charge in [0.25, 0.3) is 5.82 Å². The fraction of sp³-hybridized carbons (Fsp3) is 0.0833. The van der Waals surface area contributed by atoms with E-state index >= 15 is 0 Å². The largest absolute Gasteiger partial charge is 0.451 e. The van der Waals surface area contributed by atoms with Gasteiger partial charge >= 0.3 is 5.97 Å². The van der Waals surface area contributed by atoms with E-state index in [-0.39, 0.29) is 11.6 Å². The monoisotopic (exact) mass is 449 g/mol. The van der Waals surface area contributed by atoms with Crippen LogP contribution < -0.4 is 0 Å². The minimum absolute atomic E-state index is 0.213. The van der Waals surface area contributed by atoms with Crippen LogP contribution in [-0.2, 0) is 4.74 Å². The van der Waals surface area contributed by atoms with E-state index in [0.717, 1.165) is 5.56 Å². The lowest BCUT2D eigenvalue weighted by Gasteiger charge is -2.06. The van der Waals surface area contributed by atoms with E-state index in [1.807, 2.05) is 31.2 Å². The molecule has 0 saturated carbocycles. The summed E-state index contributed by atoms with van der Waals surface area (Å²) >= 11 is 5.82. The molecule has 3 aromatic carbocycles. The van der Waals surface area contributed by atoms with E-state index < -0.39 is 18.4 Å². The van der Waals surface area contributed by atoms with Crippen LogP contribution in [0.1, 0.15) is 26.5 Å². The predicted octanol–water partition coefficient (Wildman–Crippen LogP) is 5.07. The summed E-state index contributed by atoms with van der Waals surface area (Å²) in [4.78, 5) is 29.2. The first-order chi connectivity index (χ1) is 15.4. The van der Waals surface area contributed by atoms with Crippen LogP contribution >= 0.6 is 11.6 Å². The summed E-state index contributed by atoms with van der Waals surface area (Å²) in [6, 6.07) is 19.4. The Morgan fingerprint density at radius 1 is 1.03 bits per heavy atom. The van der Waals surface area contributed by atoms with Crippen molar-refractivity contribution >= 4 is 23.4 Å². The number of hydrogen-bond donors (Lipinski definition) is 0. The molecule has 4 rings (SSSR count). The van der Waals surface area contributed by atoms with E-state index in [0.29, 0.717) is 27.7 Å². The molecular weight excluding hydrogens is 433 g/mol. The third-order valence-electron chi connectivity index (χ3n) is 4.64. The number of ketones is 1. The second-order valence-electron chi connectivity index (χ2n) is 7.02. The molecule has 1 heterocycles. The van der Waals surface area contributed by atoms with Gasteiger partial charge in [-0.1, -0.05) is 23.7 Å². The molecule has 0 unspecified atom stereocenters. The van der Waals surface area contributed by atoms with Crippen LogP contribution in [0.4, 0.5) is 4.39 Å². The quantitative estimate of drug-likeness (QED) is 0.303. The second-order valence-corrected chi connectivity index (χ2v) is 7.46. The molecule has 0 N–H and O–H groups in total. The molecule has 0 spiro atoms. The van der Waals surface area contributed by atoms with Gasteiger partial charge in [0.15, 0.2) is 18.2 Å². The van der Waals surface area contributed by atoms with Gasteiger partial charge in [0.05, 0.1) is 5.69 Å². The summed E-state index contributed by atoms with van der Waals surface area (Å²) in [6.45, 7) is 1.46. The van der Waals surface area contributed by atoms with Crippen molar-refractivity contribution in [2.45, 2.75) is 6.92 Å². The van der Waals surface area contributed by atoms with Gasteiger partial charge in [-0.15, -0.1) is 5.10 Å². The molecule has 1 aromatic heterocycles. The van der Waals surface area contributed by atoms with Crippen molar-refractivity contribution in [2.24, 2.45) is 0 Å². The molecule has 0 bridgehead atoms. The van der Waals surface area contributed by atoms with Crippen molar-refractivity contribution in [1.29, 1.82) is 0 Å². The van der Waals surface area contributed by atoms with Gasteiger partial charge in [-0.05, 0) is 73.2 Å². The Morgan fingerprint density at radius 2 is 1.75 bits per heavy atom. The minimum atomic E-state index is -0.845. The Bertz CT molecular complexity index is 1280. The third kappa shape index (κ3) is 4.73. The molecule has 0 fully saturated rings. The molecule has 6 nitrogen and oxygen atoms in total. The maximum Gasteiger partial charge on any atom is 0.378 e. The predicted molar refractivity (Wildman–Crippen MR) is 118 cm³/mol. The number of carbonyl (C=O) groups excluding carboxylic acids is 2. The van der Waals surface area contributed by atoms with Crippen molar-refractivity contribution in [1.82, 2.24) is 14.8 Å². The van der Waals surface area contributed by atoms with Gasteiger partial charge in [-0.25, -0.2) is 18.9 Å². The van der Waals surface area contributed by atoms with Crippen molar-refractivity contribution in [3.8, 4) is 17.1 Å². The first-order valence-corrected chi connectivity index (χ1v) is 10.0. The van der Waals surface area contributed by atoms with Crippen molar-refractivity contribution < 1.29 is 18.7 Å². The van der Waals surface area contributed by atoms with E-state index in [1.165, 1.54) is 16.8 Å². The minimum Gasteiger partial charge on any atom is -0.451 e. The zero-order valence-electron chi connectivity index (χ0n) is 17.0. The maximum absolute atomic E-state index is 13.4. The fourth-order valence-electron chi connectivity index (χ4n) is 3.04. The van der Waals surface area contributed by atoms with Gasteiger partial charge in [0.1, 0.15) is 5.82 Å². The summed E-state index contributed by atoms with van der Waals surface area (Å²) in [5.74, 6) is -1.49. The van der Waals surface area contributed by atoms with Crippen LogP contribution in [0, 0.1) is 12.7 Å². The number of Topliss-reactive ketones (excluding diaryl/α,β-unsaturated/α-hetero) is 1. The van der Waals surface area contributed by atoms with E-state index in [9.17, 15) is 14.0 Å². The number of aromatic nitrogens is 3. The van der Waals surface area contributed by atoms with Crippen LogP contribution in [0.3, 0.4) is 0 Å². The smallest absolute Gasteiger partial charge is 0.378 e. The van der Waals surface area contributed by atoms with Crippen molar-refractivity contribution in [3.05, 3.63) is 101 Å². The number of ether oxygens (including phenoxy) is 1. The summed E-state index contributed by atoms with van der Waals surface area (Å²) in [5, 5.41) is 4.79. The molecule has 0 atom stereocenters. The van der Waals surface area contributed by atoms with E-state index in [4.69, 9.17) is 16.3 Å². The van der Waals surface area contributed by atoms with Gasteiger partial charge in [0.2, 0.25) is 0 Å². The van der Waals surface area contributed by atoms with Crippen LogP contribution in [-0.4, -0.2) is 33.1 Å². The number of rotatable bonds is 6. The average molecular weight is 450 g/mol. The highest BCUT2D eigenvalue weighted by Crippen LogP contribution is 2.22. The molecule has 0 amide bonds. The van der Waals surface area contributed by atoms with E-state index in [2.05, 4.69) is 10.1 Å². The van der Waals surface area contributed by atoms with Crippen LogP contribution in [0.2, 0.25) is 5.02 Å². The highest BCUT2D eigenvalue weighted by atomic mass is 35.5. The van der Waals surface area contributed by atoms with Gasteiger partial charge in [-0.3, -0.25) is 4.79 Å². The third-order valence-corrected chi connectivity index (χ3v) is 4.89. The Morgan fingerprint density at radius 3 is 2.44 bits per heavy atom. The molecular formula is C24H17ClFN3O3. The number of aryl methyl sites for hydroxylation is 1. The van der Waals surface area contributed by atoms with E-state index in [1.54, 1.807) is 36.4 Å². The first kappa shape index (κ1) is 21.4. The number of hydrogen-bond acceptors (Lipinski definition) is 5. The van der Waals surface area contributed by atoms with Crippen molar-refractivity contribution in [2.75, 3.05) is 6.61 Å². The Hall–Kier alpha value is -3.84. The molecule has 0 aliphatic carbocycles. The SMILES string of the molecule is Cc1cccc(-n2nc(C(=O)OCC(=O)c3ccc(Cl)cc3)nc2-c2ccc(F)cc2)c1. The summed E-state index contributed by atoms with van der Waals surface area (Å²) < 4.78 is 20.0. The summed E-state index contributed by atoms with van der Waals surface area (Å²) in [5.41, 5.74) is 2.60. The lowest BCUT2D eigenvalue weighted by Crippen LogP contribution is -2.15. The molecule has 0 aliphatic heterocycles. The molecule has 160 valence electrons. The maximum atomic E-state index is 13.4. The lowest BCUT2D eigenvalue weighted by molar-refractivity contribution is 0.0462. The standard InChI is InChI=1S/C24H17ClFN3O3/c1-15-3-2-4-20(13-15)29-23(17-7-11-19(26)12-8-17)27-22(28-29)24(31)32-14-21(30)16-5-9-18(25)10-6-16/h2-13H,14H2,1H3. The zero-order chi connectivity index (χ0) is 22.7. The molecule has 0 aliphatic rings. The summed E-state index contributed by atoms with van der Waals surface area (Å²) in [6.07, 6.45) is 0. The van der Waals surface area contributed by atoms with Crippen LogP contribution in [0.25, 0.3) is 17.1 Å². The Kier molecular flexibility index (Phi) is 6.09. The van der Waals surface area contributed by atoms with Crippen molar-refractivity contribution in [3.63, 3.8) is 0 Å². The van der Waals surface area contributed by atoms with Gasteiger partial charge in [-0.2, -0.15) is 0 Å². The second kappa shape index (κ2) is 9.11. The number of benzene rings is 3. The Balaban J connectivity index is 1.61. The number of halogens is 2. The summed E-state index contributed by atoms with van der Waals surface area (Å²) in [7, 11) is 0. The topological polar surface area (TPSA) is 74.1 Å². The number of nitrogens with zero attached hydrogens (tertiary/aromatic N) is 3. The van der Waals surface area contributed by atoms with Gasteiger partial charge in [0, 0.05) is 16.1 Å². The molecule has 8 heteroatoms. The molecule has 0 saturated heterocycles. The average Bonchev–Trinajstić information content (AvgIpc) is 3.24. The fourth-order valence-corrected chi connectivity index (χ4v) is 3.16. The molecule has 0 radical (unpaired) electrons. The Labute approximate surface area is 188 Å². The lowest BCUT2D eigenvalue weighted by atomic mass is 10.1. The normalized spacial score (nSPS) is 10.7. The zero-order valence-corrected chi connectivity index (χ0v) is 17.7. The van der Waals surface area contributed by atoms with Gasteiger partial charge < -0.3 is 4.74 Å². The van der Waals surface area contributed by atoms with Crippen LogP contribution in [0.5, 0.6) is 0 Å². The molecule has 4 aromatic rings. The number of esters is 1. The first-order valence-electron chi connectivity index (χ1n) is 9.66. The molecule has 32 heavy (non-hydrogen) atoms.